The van der Waals surface area contributed by atoms with Gasteiger partial charge in [0.25, 0.3) is 0 Å². The maximum atomic E-state index is 12.2. The Morgan fingerprint density at radius 3 is 2.58 bits per heavy atom. The Bertz CT molecular complexity index is 622. The predicted molar refractivity (Wildman–Crippen MR) is 76.4 cm³/mol. The highest BCUT2D eigenvalue weighted by molar-refractivity contribution is 7.85. The van der Waals surface area contributed by atoms with Crippen LogP contribution >= 0.6 is 0 Å². The van der Waals surface area contributed by atoms with E-state index < -0.39 is 10.8 Å². The van der Waals surface area contributed by atoms with Gasteiger partial charge in [0.15, 0.2) is 0 Å². The zero-order chi connectivity index (χ0) is 13.8. The number of esters is 1. The van der Waals surface area contributed by atoms with Crippen molar-refractivity contribution < 1.29 is 13.7 Å². The van der Waals surface area contributed by atoms with Crippen molar-refractivity contribution in [3.63, 3.8) is 0 Å². The summed E-state index contributed by atoms with van der Waals surface area (Å²) in [4.78, 5) is 12.1. The highest BCUT2D eigenvalue weighted by Gasteiger charge is 2.17. The molecule has 0 spiro atoms. The number of methoxy groups -OCH3 is 1. The molecule has 2 aromatic rings. The Kier molecular flexibility index (Phi) is 4.32. The van der Waals surface area contributed by atoms with Crippen LogP contribution < -0.4 is 0 Å². The van der Waals surface area contributed by atoms with Gasteiger partial charge in [-0.2, -0.15) is 0 Å². The molecule has 2 rings (SSSR count). The molecule has 0 aliphatic heterocycles. The zero-order valence-corrected chi connectivity index (χ0v) is 11.8. The van der Waals surface area contributed by atoms with Crippen LogP contribution in [0.25, 0.3) is 10.8 Å². The first-order valence-corrected chi connectivity index (χ1v) is 7.38. The first kappa shape index (κ1) is 13.7. The summed E-state index contributed by atoms with van der Waals surface area (Å²) in [6, 6.07) is 13.6. The van der Waals surface area contributed by atoms with Crippen LogP contribution in [0.4, 0.5) is 0 Å². The summed E-state index contributed by atoms with van der Waals surface area (Å²) in [6.07, 6.45) is 0. The monoisotopic (exact) mass is 276 g/mol. The molecule has 2 atom stereocenters. The summed E-state index contributed by atoms with van der Waals surface area (Å²) in [6.45, 7) is 1.73. The number of carbonyl (C=O) groups is 1. The first-order chi connectivity index (χ1) is 9.11. The number of hydrogen-bond donors (Lipinski definition) is 0. The van der Waals surface area contributed by atoms with Crippen molar-refractivity contribution in [1.29, 1.82) is 0 Å². The van der Waals surface area contributed by atoms with E-state index in [9.17, 15) is 9.00 Å². The molecule has 100 valence electrons. The topological polar surface area (TPSA) is 43.4 Å². The van der Waals surface area contributed by atoms with Crippen molar-refractivity contribution in [2.24, 2.45) is 5.92 Å². The molecule has 0 aliphatic carbocycles. The molecule has 0 fully saturated rings. The van der Waals surface area contributed by atoms with E-state index in [1.807, 2.05) is 42.5 Å². The Labute approximate surface area is 115 Å². The maximum absolute atomic E-state index is 12.2. The molecule has 0 aliphatic rings. The van der Waals surface area contributed by atoms with Gasteiger partial charge in [0, 0.05) is 10.6 Å². The van der Waals surface area contributed by atoms with Crippen LogP contribution in [0.5, 0.6) is 0 Å². The van der Waals surface area contributed by atoms with Crippen LogP contribution in [0.15, 0.2) is 47.4 Å². The Hall–Kier alpha value is -1.68. The fourth-order valence-corrected chi connectivity index (χ4v) is 3.16. The number of ether oxygens (including phenoxy) is 1. The highest BCUT2D eigenvalue weighted by Crippen LogP contribution is 2.19. The number of rotatable bonds is 4. The smallest absolute Gasteiger partial charge is 0.309 e. The molecular formula is C15H16O3S. The normalized spacial score (nSPS) is 14.0. The third kappa shape index (κ3) is 3.20. The second-order valence-corrected chi connectivity index (χ2v) is 5.94. The van der Waals surface area contributed by atoms with Crippen LogP contribution in [-0.2, 0) is 20.3 Å². The minimum absolute atomic E-state index is 0.283. The van der Waals surface area contributed by atoms with Gasteiger partial charge >= 0.3 is 5.97 Å². The minimum atomic E-state index is -1.19. The van der Waals surface area contributed by atoms with E-state index in [2.05, 4.69) is 4.74 Å². The minimum Gasteiger partial charge on any atom is -0.469 e. The molecule has 4 heteroatoms. The first-order valence-electron chi connectivity index (χ1n) is 6.07. The molecule has 0 saturated heterocycles. The van der Waals surface area contributed by atoms with Gasteiger partial charge in [0.2, 0.25) is 0 Å². The molecule has 0 amide bonds. The molecule has 0 N–H and O–H groups in total. The Morgan fingerprint density at radius 2 is 1.89 bits per heavy atom. The second-order valence-electron chi connectivity index (χ2n) is 4.45. The van der Waals surface area contributed by atoms with Gasteiger partial charge < -0.3 is 4.74 Å². The van der Waals surface area contributed by atoms with Gasteiger partial charge in [-0.25, -0.2) is 0 Å². The van der Waals surface area contributed by atoms with E-state index in [-0.39, 0.29) is 17.6 Å². The van der Waals surface area contributed by atoms with Crippen molar-refractivity contribution in [1.82, 2.24) is 0 Å². The quantitative estimate of drug-likeness (QED) is 0.806. The van der Waals surface area contributed by atoms with Gasteiger partial charge in [-0.05, 0) is 22.9 Å². The van der Waals surface area contributed by atoms with Crippen molar-refractivity contribution >= 4 is 27.5 Å². The standard InChI is InChI=1S/C15H16O3S/c1-11(15(16)18-2)10-19(17)14-8-7-12-5-3-4-6-13(12)9-14/h3-9,11H,10H2,1-2H3. The number of benzene rings is 2. The summed E-state index contributed by atoms with van der Waals surface area (Å²) in [5.74, 6) is -0.406. The van der Waals surface area contributed by atoms with E-state index >= 15 is 0 Å². The van der Waals surface area contributed by atoms with Crippen LogP contribution in [0.3, 0.4) is 0 Å². The Morgan fingerprint density at radius 1 is 1.21 bits per heavy atom. The molecule has 3 nitrogen and oxygen atoms in total. The molecule has 0 radical (unpaired) electrons. The fraction of sp³-hybridized carbons (Fsp3) is 0.267. The number of carbonyl (C=O) groups excluding carboxylic acids is 1. The van der Waals surface area contributed by atoms with Gasteiger partial charge in [0.1, 0.15) is 0 Å². The van der Waals surface area contributed by atoms with E-state index in [1.165, 1.54) is 7.11 Å². The van der Waals surface area contributed by atoms with Crippen molar-refractivity contribution in [3.05, 3.63) is 42.5 Å². The summed E-state index contributed by atoms with van der Waals surface area (Å²) < 4.78 is 16.9. The van der Waals surface area contributed by atoms with Gasteiger partial charge in [-0.1, -0.05) is 37.3 Å². The van der Waals surface area contributed by atoms with Crippen molar-refractivity contribution in [2.45, 2.75) is 11.8 Å². The van der Waals surface area contributed by atoms with Crippen molar-refractivity contribution in [2.75, 3.05) is 12.9 Å². The molecule has 19 heavy (non-hydrogen) atoms. The SMILES string of the molecule is COC(=O)C(C)CS(=O)c1ccc2ccccc2c1. The van der Waals surface area contributed by atoms with Crippen LogP contribution in [0, 0.1) is 5.92 Å². The van der Waals surface area contributed by atoms with Crippen LogP contribution in [-0.4, -0.2) is 23.0 Å². The lowest BCUT2D eigenvalue weighted by molar-refractivity contribution is -0.144. The number of fused-ring (bicyclic) bond motifs is 1. The van der Waals surface area contributed by atoms with Crippen LogP contribution in [0.2, 0.25) is 0 Å². The average molecular weight is 276 g/mol. The van der Waals surface area contributed by atoms with E-state index in [0.29, 0.717) is 0 Å². The Balaban J connectivity index is 2.19. The summed E-state index contributed by atoms with van der Waals surface area (Å²) >= 11 is 0. The zero-order valence-electron chi connectivity index (χ0n) is 11.0. The van der Waals surface area contributed by atoms with Gasteiger partial charge in [0.05, 0.1) is 23.8 Å². The highest BCUT2D eigenvalue weighted by atomic mass is 32.2. The lowest BCUT2D eigenvalue weighted by Gasteiger charge is -2.09. The summed E-state index contributed by atoms with van der Waals surface area (Å²) in [5, 5.41) is 2.17. The molecule has 2 aromatic carbocycles. The molecular weight excluding hydrogens is 260 g/mol. The molecule has 0 bridgehead atoms. The fourth-order valence-electron chi connectivity index (χ4n) is 1.90. The lowest BCUT2D eigenvalue weighted by Crippen LogP contribution is -2.19. The summed E-state index contributed by atoms with van der Waals surface area (Å²) in [7, 11) is 0.152. The molecule has 0 saturated carbocycles. The largest absolute Gasteiger partial charge is 0.469 e. The van der Waals surface area contributed by atoms with Gasteiger partial charge in [-0.3, -0.25) is 9.00 Å². The van der Waals surface area contributed by atoms with Crippen LogP contribution in [0.1, 0.15) is 6.92 Å². The lowest BCUT2D eigenvalue weighted by atomic mass is 10.1. The summed E-state index contributed by atoms with van der Waals surface area (Å²) in [5.41, 5.74) is 0. The van der Waals surface area contributed by atoms with Crippen molar-refractivity contribution in [3.8, 4) is 0 Å². The van der Waals surface area contributed by atoms with E-state index in [0.717, 1.165) is 15.7 Å². The van der Waals surface area contributed by atoms with E-state index in [1.54, 1.807) is 6.92 Å². The third-order valence-electron chi connectivity index (χ3n) is 2.99. The predicted octanol–water partition coefficient (Wildman–Crippen LogP) is 2.76. The molecule has 0 heterocycles. The molecule has 2 unspecified atom stereocenters. The van der Waals surface area contributed by atoms with Gasteiger partial charge in [-0.15, -0.1) is 0 Å². The second kappa shape index (κ2) is 5.97. The third-order valence-corrected chi connectivity index (χ3v) is 4.57. The average Bonchev–Trinajstić information content (AvgIpc) is 2.45. The number of hydrogen-bond acceptors (Lipinski definition) is 3. The molecule has 0 aromatic heterocycles. The maximum Gasteiger partial charge on any atom is 0.309 e. The van der Waals surface area contributed by atoms with E-state index in [4.69, 9.17) is 0 Å².